The molecule has 0 saturated carbocycles. The first-order chi connectivity index (χ1) is 9.83. The summed E-state index contributed by atoms with van der Waals surface area (Å²) < 4.78 is 6.86. The minimum absolute atomic E-state index is 0.0923. The predicted molar refractivity (Wildman–Crippen MR) is 73.7 cm³/mol. The fourth-order valence-electron chi connectivity index (χ4n) is 2.29. The van der Waals surface area contributed by atoms with Crippen LogP contribution in [0.3, 0.4) is 0 Å². The predicted octanol–water partition coefficient (Wildman–Crippen LogP) is 0.0174. The van der Waals surface area contributed by atoms with Gasteiger partial charge in [-0.2, -0.15) is 5.10 Å². The zero-order valence-corrected chi connectivity index (χ0v) is 12.3. The molecule has 8 nitrogen and oxygen atoms in total. The van der Waals surface area contributed by atoms with Crippen LogP contribution in [0.4, 0.5) is 4.79 Å². The molecular weight excluding hydrogens is 276 g/mol. The highest BCUT2D eigenvalue weighted by molar-refractivity contribution is 5.79. The van der Waals surface area contributed by atoms with Gasteiger partial charge in [0.2, 0.25) is 0 Å². The first-order valence-electron chi connectivity index (χ1n) is 6.67. The smallest absolute Gasteiger partial charge is 0.315 e. The van der Waals surface area contributed by atoms with Gasteiger partial charge in [-0.25, -0.2) is 4.79 Å². The lowest BCUT2D eigenvalue weighted by atomic mass is 9.85. The quantitative estimate of drug-likeness (QED) is 0.726. The molecule has 0 aliphatic carbocycles. The molecule has 21 heavy (non-hydrogen) atoms. The third-order valence-electron chi connectivity index (χ3n) is 3.80. The lowest BCUT2D eigenvalue weighted by Crippen LogP contribution is -2.52. The third-order valence-corrected chi connectivity index (χ3v) is 3.80. The number of aromatic nitrogens is 2. The normalized spacial score (nSPS) is 24.8. The van der Waals surface area contributed by atoms with Gasteiger partial charge in [0, 0.05) is 25.4 Å². The summed E-state index contributed by atoms with van der Waals surface area (Å²) in [4.78, 5) is 23.2. The number of carboxylic acids is 1. The van der Waals surface area contributed by atoms with Crippen molar-refractivity contribution in [3.05, 3.63) is 17.5 Å². The van der Waals surface area contributed by atoms with Crippen LogP contribution in [0.1, 0.15) is 18.2 Å². The molecule has 2 atom stereocenters. The van der Waals surface area contributed by atoms with E-state index >= 15 is 0 Å². The van der Waals surface area contributed by atoms with E-state index in [0.717, 1.165) is 11.3 Å². The molecule has 2 rings (SSSR count). The zero-order chi connectivity index (χ0) is 15.6. The highest BCUT2D eigenvalue weighted by Gasteiger charge is 2.47. The number of hydrogen-bond donors (Lipinski definition) is 3. The van der Waals surface area contributed by atoms with E-state index < -0.39 is 23.5 Å². The Morgan fingerprint density at radius 2 is 2.33 bits per heavy atom. The third kappa shape index (κ3) is 3.15. The van der Waals surface area contributed by atoms with E-state index in [9.17, 15) is 14.7 Å². The van der Waals surface area contributed by atoms with Crippen molar-refractivity contribution in [2.75, 3.05) is 13.2 Å². The Morgan fingerprint density at radius 1 is 1.62 bits per heavy atom. The summed E-state index contributed by atoms with van der Waals surface area (Å²) in [5.41, 5.74) is 0.662. The molecule has 3 N–H and O–H groups in total. The number of amides is 2. The van der Waals surface area contributed by atoms with E-state index in [4.69, 9.17) is 4.74 Å². The number of aryl methyl sites for hydroxylation is 2. The molecule has 0 radical (unpaired) electrons. The van der Waals surface area contributed by atoms with Crippen LogP contribution >= 0.6 is 0 Å². The molecule has 1 aliphatic heterocycles. The lowest BCUT2D eigenvalue weighted by Gasteiger charge is -2.25. The molecule has 2 heterocycles. The van der Waals surface area contributed by atoms with Crippen LogP contribution in [-0.2, 0) is 23.1 Å². The number of nitrogens with one attached hydrogen (secondary N) is 2. The maximum atomic E-state index is 11.9. The zero-order valence-electron chi connectivity index (χ0n) is 12.3. The van der Waals surface area contributed by atoms with Gasteiger partial charge < -0.3 is 20.5 Å². The number of rotatable bonds is 4. The van der Waals surface area contributed by atoms with E-state index in [-0.39, 0.29) is 13.2 Å². The standard InChI is InChI=1S/C13H20N4O4/c1-8-9(5-17(3)16-8)4-14-12(20)15-10-6-21-7-13(10,2)11(18)19/h5,10H,4,6-7H2,1-3H3,(H,18,19)(H2,14,15,20). The Labute approximate surface area is 122 Å². The van der Waals surface area contributed by atoms with Gasteiger partial charge in [0.1, 0.15) is 5.41 Å². The largest absolute Gasteiger partial charge is 0.481 e. The molecule has 0 bridgehead atoms. The average molecular weight is 296 g/mol. The highest BCUT2D eigenvalue weighted by atomic mass is 16.5. The summed E-state index contributed by atoms with van der Waals surface area (Å²) >= 11 is 0. The van der Waals surface area contributed by atoms with Gasteiger partial charge in [-0.1, -0.05) is 0 Å². The van der Waals surface area contributed by atoms with Crippen molar-refractivity contribution >= 4 is 12.0 Å². The summed E-state index contributed by atoms with van der Waals surface area (Å²) in [7, 11) is 1.81. The van der Waals surface area contributed by atoms with Crippen molar-refractivity contribution < 1.29 is 19.4 Å². The number of carbonyl (C=O) groups is 2. The molecule has 0 aromatic carbocycles. The number of carboxylic acid groups (broad SMARTS) is 1. The van der Waals surface area contributed by atoms with Crippen molar-refractivity contribution in [2.45, 2.75) is 26.4 Å². The Balaban J connectivity index is 1.90. The molecule has 2 unspecified atom stereocenters. The Hall–Kier alpha value is -2.09. The van der Waals surface area contributed by atoms with E-state index in [2.05, 4.69) is 15.7 Å². The number of hydrogen-bond acceptors (Lipinski definition) is 4. The fraction of sp³-hybridized carbons (Fsp3) is 0.615. The molecule has 2 amide bonds. The first-order valence-corrected chi connectivity index (χ1v) is 6.67. The molecular formula is C13H20N4O4. The lowest BCUT2D eigenvalue weighted by molar-refractivity contribution is -0.148. The molecule has 1 aromatic heterocycles. The van der Waals surface area contributed by atoms with Crippen LogP contribution in [0.5, 0.6) is 0 Å². The van der Waals surface area contributed by atoms with Crippen molar-refractivity contribution in [2.24, 2.45) is 12.5 Å². The Bertz CT molecular complexity index is 556. The van der Waals surface area contributed by atoms with Gasteiger partial charge in [-0.15, -0.1) is 0 Å². The van der Waals surface area contributed by atoms with Crippen LogP contribution in [0.15, 0.2) is 6.20 Å². The van der Waals surface area contributed by atoms with Crippen LogP contribution in [0.2, 0.25) is 0 Å². The maximum Gasteiger partial charge on any atom is 0.315 e. The second-order valence-corrected chi connectivity index (χ2v) is 5.53. The average Bonchev–Trinajstić information content (AvgIpc) is 2.91. The van der Waals surface area contributed by atoms with Gasteiger partial charge in [-0.05, 0) is 13.8 Å². The molecule has 1 saturated heterocycles. The summed E-state index contributed by atoms with van der Waals surface area (Å²) in [6.07, 6.45) is 1.83. The number of nitrogens with zero attached hydrogens (tertiary/aromatic N) is 2. The van der Waals surface area contributed by atoms with Gasteiger partial charge in [-0.3, -0.25) is 9.48 Å². The van der Waals surface area contributed by atoms with Gasteiger partial charge in [0.15, 0.2) is 0 Å². The van der Waals surface area contributed by atoms with E-state index in [1.54, 1.807) is 11.6 Å². The summed E-state index contributed by atoms with van der Waals surface area (Å²) in [5, 5.41) is 18.8. The van der Waals surface area contributed by atoms with E-state index in [1.807, 2.05) is 20.2 Å². The van der Waals surface area contributed by atoms with Gasteiger partial charge >= 0.3 is 12.0 Å². The number of ether oxygens (including phenoxy) is 1. The van der Waals surface area contributed by atoms with E-state index in [0.29, 0.717) is 6.54 Å². The molecule has 1 aromatic rings. The number of aliphatic carboxylic acids is 1. The number of carbonyl (C=O) groups excluding carboxylic acids is 1. The Kier molecular flexibility index (Phi) is 4.17. The van der Waals surface area contributed by atoms with E-state index in [1.165, 1.54) is 0 Å². The van der Waals surface area contributed by atoms with Crippen LogP contribution in [-0.4, -0.2) is 46.1 Å². The van der Waals surface area contributed by atoms with Gasteiger partial charge in [0.05, 0.1) is 24.9 Å². The first kappa shape index (κ1) is 15.3. The van der Waals surface area contributed by atoms with Crippen molar-refractivity contribution in [3.8, 4) is 0 Å². The molecule has 1 fully saturated rings. The SMILES string of the molecule is Cc1nn(C)cc1CNC(=O)NC1COCC1(C)C(=O)O. The summed E-state index contributed by atoms with van der Waals surface area (Å²) in [6.45, 7) is 4.06. The minimum atomic E-state index is -1.10. The summed E-state index contributed by atoms with van der Waals surface area (Å²) in [6, 6.07) is -0.966. The molecule has 0 spiro atoms. The van der Waals surface area contributed by atoms with Crippen LogP contribution in [0, 0.1) is 12.3 Å². The molecule has 8 heteroatoms. The van der Waals surface area contributed by atoms with Crippen molar-refractivity contribution in [1.82, 2.24) is 20.4 Å². The minimum Gasteiger partial charge on any atom is -0.481 e. The number of urea groups is 1. The fourth-order valence-corrected chi connectivity index (χ4v) is 2.29. The second kappa shape index (κ2) is 5.72. The highest BCUT2D eigenvalue weighted by Crippen LogP contribution is 2.28. The van der Waals surface area contributed by atoms with Crippen molar-refractivity contribution in [3.63, 3.8) is 0 Å². The van der Waals surface area contributed by atoms with Crippen LogP contribution < -0.4 is 10.6 Å². The Morgan fingerprint density at radius 3 is 2.90 bits per heavy atom. The molecule has 1 aliphatic rings. The van der Waals surface area contributed by atoms with Crippen LogP contribution in [0.25, 0.3) is 0 Å². The summed E-state index contributed by atoms with van der Waals surface area (Å²) in [5.74, 6) is -0.978. The maximum absolute atomic E-state index is 11.9. The van der Waals surface area contributed by atoms with Crippen molar-refractivity contribution in [1.29, 1.82) is 0 Å². The molecule has 116 valence electrons. The second-order valence-electron chi connectivity index (χ2n) is 5.53. The monoisotopic (exact) mass is 296 g/mol. The van der Waals surface area contributed by atoms with Gasteiger partial charge in [0.25, 0.3) is 0 Å². The topological polar surface area (TPSA) is 105 Å².